The minimum Gasteiger partial charge on any atom is -0.456 e. The van der Waals surface area contributed by atoms with Crippen molar-refractivity contribution in [3.8, 4) is 0 Å². The Balaban J connectivity index is 1.62. The number of nitro groups is 1. The summed E-state index contributed by atoms with van der Waals surface area (Å²) in [6.45, 7) is 0.757. The van der Waals surface area contributed by atoms with Crippen molar-refractivity contribution in [2.75, 3.05) is 13.2 Å². The average Bonchev–Trinajstić information content (AvgIpc) is 2.97. The van der Waals surface area contributed by atoms with E-state index in [1.165, 1.54) is 12.1 Å². The first-order valence-corrected chi connectivity index (χ1v) is 9.24. The third-order valence-electron chi connectivity index (χ3n) is 4.64. The van der Waals surface area contributed by atoms with Crippen molar-refractivity contribution in [1.29, 1.82) is 0 Å². The molecule has 0 atom stereocenters. The van der Waals surface area contributed by atoms with E-state index in [2.05, 4.69) is 0 Å². The Morgan fingerprint density at radius 3 is 2.40 bits per heavy atom. The molecule has 0 bridgehead atoms. The number of amides is 2. The van der Waals surface area contributed by atoms with E-state index in [1.54, 1.807) is 12.1 Å². The Hall–Kier alpha value is -3.88. The highest BCUT2D eigenvalue weighted by atomic mass is 16.6. The molecule has 2 aromatic carbocycles. The lowest BCUT2D eigenvalue weighted by Gasteiger charge is -2.12. The maximum absolute atomic E-state index is 12.4. The quantitative estimate of drug-likeness (QED) is 0.215. The normalized spacial score (nSPS) is 12.6. The molecule has 1 aliphatic heterocycles. The van der Waals surface area contributed by atoms with Gasteiger partial charge in [-0.15, -0.1) is 0 Å². The maximum atomic E-state index is 12.4. The van der Waals surface area contributed by atoms with Crippen molar-refractivity contribution in [3.05, 3.63) is 74.8 Å². The minimum absolute atomic E-state index is 0.148. The molecule has 9 heteroatoms. The SMILES string of the molecule is CCCc1ccc(C(=O)COC(=O)CN2C(=O)c3cccc([N+](=O)[O-])c3C2=O)cc1. The highest BCUT2D eigenvalue weighted by molar-refractivity contribution is 6.24. The summed E-state index contributed by atoms with van der Waals surface area (Å²) in [5.41, 5.74) is 0.446. The largest absolute Gasteiger partial charge is 0.456 e. The number of hydrogen-bond acceptors (Lipinski definition) is 7. The molecule has 0 saturated heterocycles. The maximum Gasteiger partial charge on any atom is 0.326 e. The summed E-state index contributed by atoms with van der Waals surface area (Å²) in [4.78, 5) is 60.0. The van der Waals surface area contributed by atoms with Crippen LogP contribution >= 0.6 is 0 Å². The first kappa shape index (κ1) is 20.8. The Bertz CT molecular complexity index is 1040. The van der Waals surface area contributed by atoms with E-state index in [0.29, 0.717) is 10.5 Å². The Labute approximate surface area is 171 Å². The number of ketones is 1. The fraction of sp³-hybridized carbons (Fsp3) is 0.238. The van der Waals surface area contributed by atoms with Gasteiger partial charge in [0.15, 0.2) is 12.4 Å². The highest BCUT2D eigenvalue weighted by Gasteiger charge is 2.41. The second-order valence-electron chi connectivity index (χ2n) is 6.68. The van der Waals surface area contributed by atoms with Crippen molar-refractivity contribution >= 4 is 29.3 Å². The van der Waals surface area contributed by atoms with Crippen LogP contribution in [-0.4, -0.2) is 46.5 Å². The number of rotatable bonds is 8. The number of carbonyl (C=O) groups excluding carboxylic acids is 4. The third-order valence-corrected chi connectivity index (χ3v) is 4.64. The molecule has 30 heavy (non-hydrogen) atoms. The first-order valence-electron chi connectivity index (χ1n) is 9.24. The fourth-order valence-electron chi connectivity index (χ4n) is 3.16. The van der Waals surface area contributed by atoms with E-state index in [1.807, 2.05) is 19.1 Å². The van der Waals surface area contributed by atoms with Gasteiger partial charge >= 0.3 is 5.97 Å². The zero-order chi connectivity index (χ0) is 21.8. The number of imide groups is 1. The predicted molar refractivity (Wildman–Crippen MR) is 104 cm³/mol. The molecule has 2 aromatic rings. The Kier molecular flexibility index (Phi) is 6.01. The molecule has 0 saturated carbocycles. The number of nitro benzene ring substituents is 1. The number of ether oxygens (including phenoxy) is 1. The van der Waals surface area contributed by atoms with Gasteiger partial charge in [-0.2, -0.15) is 0 Å². The molecular formula is C21H18N2O7. The molecule has 0 fully saturated rings. The molecule has 3 rings (SSSR count). The van der Waals surface area contributed by atoms with Crippen LogP contribution in [0.1, 0.15) is 50.0 Å². The van der Waals surface area contributed by atoms with Crippen molar-refractivity contribution in [1.82, 2.24) is 4.90 Å². The predicted octanol–water partition coefficient (Wildman–Crippen LogP) is 2.57. The summed E-state index contributed by atoms with van der Waals surface area (Å²) < 4.78 is 4.90. The number of hydrogen-bond donors (Lipinski definition) is 0. The smallest absolute Gasteiger partial charge is 0.326 e. The zero-order valence-corrected chi connectivity index (χ0v) is 16.1. The van der Waals surface area contributed by atoms with E-state index in [9.17, 15) is 29.3 Å². The van der Waals surface area contributed by atoms with E-state index >= 15 is 0 Å². The van der Waals surface area contributed by atoms with E-state index < -0.39 is 47.3 Å². The molecule has 1 heterocycles. The number of carbonyl (C=O) groups is 4. The molecule has 0 spiro atoms. The van der Waals surface area contributed by atoms with E-state index in [0.717, 1.165) is 24.5 Å². The number of fused-ring (bicyclic) bond motifs is 1. The van der Waals surface area contributed by atoms with Gasteiger partial charge < -0.3 is 4.74 Å². The van der Waals surface area contributed by atoms with Gasteiger partial charge in [0, 0.05) is 11.6 Å². The van der Waals surface area contributed by atoms with Gasteiger partial charge in [-0.3, -0.25) is 34.2 Å². The second-order valence-corrected chi connectivity index (χ2v) is 6.68. The van der Waals surface area contributed by atoms with Crippen LogP contribution in [0, 0.1) is 10.1 Å². The summed E-state index contributed by atoms with van der Waals surface area (Å²) in [6.07, 6.45) is 1.87. The van der Waals surface area contributed by atoms with Crippen LogP contribution in [-0.2, 0) is 16.0 Å². The van der Waals surface area contributed by atoms with Gasteiger partial charge in [-0.1, -0.05) is 43.7 Å². The molecule has 1 aliphatic rings. The van der Waals surface area contributed by atoms with Gasteiger partial charge in [-0.25, -0.2) is 0 Å². The second kappa shape index (κ2) is 8.64. The van der Waals surface area contributed by atoms with Crippen LogP contribution in [0.3, 0.4) is 0 Å². The van der Waals surface area contributed by atoms with Gasteiger partial charge in [0.05, 0.1) is 10.5 Å². The van der Waals surface area contributed by atoms with Crippen molar-refractivity contribution < 1.29 is 28.8 Å². The molecule has 2 amide bonds. The highest BCUT2D eigenvalue weighted by Crippen LogP contribution is 2.30. The lowest BCUT2D eigenvalue weighted by atomic mass is 10.1. The van der Waals surface area contributed by atoms with Crippen LogP contribution < -0.4 is 0 Å². The lowest BCUT2D eigenvalue weighted by molar-refractivity contribution is -0.385. The number of nitrogens with zero attached hydrogens (tertiary/aromatic N) is 2. The molecule has 0 aromatic heterocycles. The zero-order valence-electron chi connectivity index (χ0n) is 16.1. The molecule has 154 valence electrons. The Morgan fingerprint density at radius 1 is 1.07 bits per heavy atom. The average molecular weight is 410 g/mol. The summed E-state index contributed by atoms with van der Waals surface area (Å²) in [6, 6.07) is 10.6. The van der Waals surface area contributed by atoms with Crippen molar-refractivity contribution in [2.24, 2.45) is 0 Å². The summed E-state index contributed by atoms with van der Waals surface area (Å²) in [7, 11) is 0. The first-order chi connectivity index (χ1) is 14.3. The van der Waals surface area contributed by atoms with Gasteiger partial charge in [0.2, 0.25) is 0 Å². The molecule has 0 radical (unpaired) electrons. The number of Topliss-reactive ketones (excluding diaryl/α,β-unsaturated/α-hetero) is 1. The lowest BCUT2D eigenvalue weighted by Crippen LogP contribution is -2.36. The van der Waals surface area contributed by atoms with Crippen LogP contribution in [0.2, 0.25) is 0 Å². The van der Waals surface area contributed by atoms with Crippen LogP contribution in [0.5, 0.6) is 0 Å². The number of benzene rings is 2. The third kappa shape index (κ3) is 4.09. The molecule has 0 unspecified atom stereocenters. The Morgan fingerprint density at radius 2 is 1.77 bits per heavy atom. The van der Waals surface area contributed by atoms with Gasteiger partial charge in [0.25, 0.3) is 17.5 Å². The fourth-order valence-corrected chi connectivity index (χ4v) is 3.16. The van der Waals surface area contributed by atoms with Crippen LogP contribution in [0.25, 0.3) is 0 Å². The molecular weight excluding hydrogens is 392 g/mol. The number of esters is 1. The van der Waals surface area contributed by atoms with E-state index in [-0.39, 0.29) is 11.1 Å². The monoisotopic (exact) mass is 410 g/mol. The minimum atomic E-state index is -0.969. The summed E-state index contributed by atoms with van der Waals surface area (Å²) in [5.74, 6) is -3.17. The summed E-state index contributed by atoms with van der Waals surface area (Å²) in [5, 5.41) is 11.1. The van der Waals surface area contributed by atoms with Crippen molar-refractivity contribution in [3.63, 3.8) is 0 Å². The van der Waals surface area contributed by atoms with Gasteiger partial charge in [0.1, 0.15) is 12.1 Å². The van der Waals surface area contributed by atoms with Crippen molar-refractivity contribution in [2.45, 2.75) is 19.8 Å². The van der Waals surface area contributed by atoms with E-state index in [4.69, 9.17) is 4.74 Å². The molecule has 0 aliphatic carbocycles. The topological polar surface area (TPSA) is 124 Å². The number of aryl methyl sites for hydroxylation is 1. The standard InChI is InChI=1S/C21H18N2O7/c1-2-4-13-7-9-14(10-8-13)17(24)12-30-18(25)11-22-20(26)15-5-3-6-16(23(28)29)19(15)21(22)27/h3,5-10H,2,4,11-12H2,1H3. The molecule has 0 N–H and O–H groups in total. The molecule has 9 nitrogen and oxygen atoms in total. The summed E-state index contributed by atoms with van der Waals surface area (Å²) >= 11 is 0. The van der Waals surface area contributed by atoms with Gasteiger partial charge in [-0.05, 0) is 18.1 Å². The van der Waals surface area contributed by atoms with Crippen LogP contribution in [0.15, 0.2) is 42.5 Å². The van der Waals surface area contributed by atoms with Crippen LogP contribution in [0.4, 0.5) is 5.69 Å².